The lowest BCUT2D eigenvalue weighted by Crippen LogP contribution is -2.26. The highest BCUT2D eigenvalue weighted by Gasteiger charge is 2.34. The fourth-order valence-corrected chi connectivity index (χ4v) is 3.74. The molecule has 6 nitrogen and oxygen atoms in total. The number of nitrogens with zero attached hydrogens (tertiary/aromatic N) is 4. The summed E-state index contributed by atoms with van der Waals surface area (Å²) in [5.41, 5.74) is 4.38. The molecule has 0 N–H and O–H groups in total. The fraction of sp³-hybridized carbons (Fsp3) is 0.0909. The van der Waals surface area contributed by atoms with E-state index in [4.69, 9.17) is 4.42 Å². The number of rotatable bonds is 3. The van der Waals surface area contributed by atoms with Crippen molar-refractivity contribution >= 4 is 38.6 Å². The Morgan fingerprint density at radius 1 is 1.03 bits per heavy atom. The normalized spacial score (nSPS) is 16.2. The monoisotopic (exact) mass is 446 g/mol. The van der Waals surface area contributed by atoms with Gasteiger partial charge in [-0.2, -0.15) is 5.10 Å². The van der Waals surface area contributed by atoms with Gasteiger partial charge in [-0.1, -0.05) is 34.1 Å². The Bertz CT molecular complexity index is 1220. The zero-order chi connectivity index (χ0) is 19.8. The van der Waals surface area contributed by atoms with Crippen LogP contribution in [0.3, 0.4) is 0 Å². The van der Waals surface area contributed by atoms with Gasteiger partial charge in [0, 0.05) is 23.3 Å². The molecule has 0 saturated carbocycles. The lowest BCUT2D eigenvalue weighted by Gasteiger charge is -2.21. The lowest BCUT2D eigenvalue weighted by atomic mass is 9.98. The van der Waals surface area contributed by atoms with E-state index >= 15 is 0 Å². The minimum Gasteiger partial charge on any atom is -0.459 e. The van der Waals surface area contributed by atoms with Gasteiger partial charge in [0.05, 0.1) is 29.1 Å². The van der Waals surface area contributed by atoms with E-state index in [1.165, 1.54) is 11.3 Å². The quantitative estimate of drug-likeness (QED) is 0.444. The molecule has 4 aromatic rings. The molecule has 1 aliphatic heterocycles. The smallest absolute Gasteiger partial charge is 0.310 e. The molecule has 1 atom stereocenters. The first-order valence-corrected chi connectivity index (χ1v) is 9.89. The van der Waals surface area contributed by atoms with Crippen molar-refractivity contribution in [2.45, 2.75) is 12.5 Å². The van der Waals surface area contributed by atoms with E-state index in [0.717, 1.165) is 32.3 Å². The van der Waals surface area contributed by atoms with Crippen molar-refractivity contribution in [2.24, 2.45) is 5.10 Å². The Hall–Kier alpha value is -3.32. The predicted octanol–water partition coefficient (Wildman–Crippen LogP) is 4.98. The van der Waals surface area contributed by atoms with Crippen molar-refractivity contribution in [1.29, 1.82) is 0 Å². The topological polar surface area (TPSA) is 71.6 Å². The van der Waals surface area contributed by atoms with Crippen molar-refractivity contribution in [2.75, 3.05) is 0 Å². The molecule has 0 spiro atoms. The van der Waals surface area contributed by atoms with Crippen LogP contribution in [0.15, 0.2) is 87.2 Å². The first-order valence-electron chi connectivity index (χ1n) is 9.10. The minimum absolute atomic E-state index is 0.252. The number of halogens is 1. The number of hydrazone groups is 1. The Morgan fingerprint density at radius 3 is 2.59 bits per heavy atom. The van der Waals surface area contributed by atoms with Gasteiger partial charge in [-0.25, -0.2) is 5.01 Å². The third-order valence-electron chi connectivity index (χ3n) is 4.91. The summed E-state index contributed by atoms with van der Waals surface area (Å²) < 4.78 is 6.32. The maximum Gasteiger partial charge on any atom is 0.310 e. The minimum atomic E-state index is -0.272. The van der Waals surface area contributed by atoms with Crippen molar-refractivity contribution in [3.63, 3.8) is 0 Å². The average molecular weight is 447 g/mol. The Kier molecular flexibility index (Phi) is 4.44. The van der Waals surface area contributed by atoms with Crippen LogP contribution in [0.1, 0.15) is 34.1 Å². The maximum atomic E-state index is 13.1. The number of hydrogen-bond donors (Lipinski definition) is 0. The first kappa shape index (κ1) is 17.8. The zero-order valence-corrected chi connectivity index (χ0v) is 16.8. The van der Waals surface area contributed by atoms with Crippen LogP contribution in [0.25, 0.3) is 11.0 Å². The van der Waals surface area contributed by atoms with E-state index in [9.17, 15) is 4.79 Å². The van der Waals surface area contributed by atoms with Crippen LogP contribution < -0.4 is 0 Å². The Balaban J connectivity index is 1.56. The summed E-state index contributed by atoms with van der Waals surface area (Å²) in [6.45, 7) is 0. The largest absolute Gasteiger partial charge is 0.459 e. The lowest BCUT2D eigenvalue weighted by molar-refractivity contribution is 0.0678. The van der Waals surface area contributed by atoms with Gasteiger partial charge in [0.25, 0.3) is 0 Å². The van der Waals surface area contributed by atoms with Crippen LogP contribution in [-0.2, 0) is 0 Å². The summed E-state index contributed by atoms with van der Waals surface area (Å²) in [4.78, 5) is 21.8. The number of benzene rings is 2. The van der Waals surface area contributed by atoms with Gasteiger partial charge >= 0.3 is 5.91 Å². The van der Waals surface area contributed by atoms with Crippen molar-refractivity contribution in [3.05, 3.63) is 94.6 Å². The van der Waals surface area contributed by atoms with Gasteiger partial charge in [0.1, 0.15) is 0 Å². The third-order valence-corrected chi connectivity index (χ3v) is 5.43. The van der Waals surface area contributed by atoms with Gasteiger partial charge in [0.15, 0.2) is 5.76 Å². The molecule has 5 rings (SSSR count). The van der Waals surface area contributed by atoms with Gasteiger partial charge in [-0.05, 0) is 47.5 Å². The number of amides is 1. The van der Waals surface area contributed by atoms with Crippen LogP contribution in [0.2, 0.25) is 0 Å². The number of carbonyl (C=O) groups is 1. The Labute approximate surface area is 175 Å². The molecule has 1 amide bonds. The summed E-state index contributed by atoms with van der Waals surface area (Å²) >= 11 is 3.46. The van der Waals surface area contributed by atoms with Gasteiger partial charge in [-0.3, -0.25) is 14.8 Å². The highest BCUT2D eigenvalue weighted by molar-refractivity contribution is 9.10. The molecule has 2 aromatic carbocycles. The van der Waals surface area contributed by atoms with Gasteiger partial charge in [-0.15, -0.1) is 0 Å². The van der Waals surface area contributed by atoms with E-state index in [-0.39, 0.29) is 17.7 Å². The molecule has 0 bridgehead atoms. The molecule has 3 heterocycles. The molecule has 0 aliphatic carbocycles. The molecule has 0 fully saturated rings. The van der Waals surface area contributed by atoms with Crippen molar-refractivity contribution in [3.8, 4) is 0 Å². The second-order valence-electron chi connectivity index (χ2n) is 6.71. The van der Waals surface area contributed by atoms with E-state index in [0.29, 0.717) is 6.42 Å². The third kappa shape index (κ3) is 3.34. The van der Waals surface area contributed by atoms with Gasteiger partial charge in [0.2, 0.25) is 0 Å². The molecule has 0 unspecified atom stereocenters. The van der Waals surface area contributed by atoms with Crippen LogP contribution in [0.4, 0.5) is 0 Å². The second-order valence-corrected chi connectivity index (χ2v) is 7.62. The molecule has 0 saturated heterocycles. The van der Waals surface area contributed by atoms with Crippen LogP contribution in [0, 0.1) is 0 Å². The Morgan fingerprint density at radius 2 is 1.83 bits per heavy atom. The first-order chi connectivity index (χ1) is 14.2. The molecule has 0 radical (unpaired) electrons. The number of fused-ring (bicyclic) bond motifs is 1. The van der Waals surface area contributed by atoms with E-state index < -0.39 is 0 Å². The second kappa shape index (κ2) is 7.25. The summed E-state index contributed by atoms with van der Waals surface area (Å²) in [5, 5.41) is 6.18. The molecule has 7 heteroatoms. The van der Waals surface area contributed by atoms with Crippen LogP contribution in [-0.4, -0.2) is 26.6 Å². The summed E-state index contributed by atoms with van der Waals surface area (Å²) in [6.07, 6.45) is 5.42. The van der Waals surface area contributed by atoms with E-state index in [1.54, 1.807) is 24.5 Å². The number of furan rings is 1. The number of aromatic nitrogens is 2. The van der Waals surface area contributed by atoms with Crippen LogP contribution >= 0.6 is 15.9 Å². The van der Waals surface area contributed by atoms with E-state index in [1.807, 2.05) is 42.5 Å². The van der Waals surface area contributed by atoms with Gasteiger partial charge < -0.3 is 4.42 Å². The van der Waals surface area contributed by atoms with Crippen molar-refractivity contribution in [1.82, 2.24) is 15.0 Å². The van der Waals surface area contributed by atoms with E-state index in [2.05, 4.69) is 31.0 Å². The highest BCUT2D eigenvalue weighted by atomic mass is 79.9. The zero-order valence-electron chi connectivity index (χ0n) is 15.2. The summed E-state index contributed by atoms with van der Waals surface area (Å²) in [5.74, 6) is -0.0114. The molecule has 142 valence electrons. The molecule has 29 heavy (non-hydrogen) atoms. The molecular weight excluding hydrogens is 432 g/mol. The molecule has 1 aliphatic rings. The summed E-state index contributed by atoms with van der Waals surface area (Å²) in [7, 11) is 0. The van der Waals surface area contributed by atoms with Crippen molar-refractivity contribution < 1.29 is 9.21 Å². The molecular formula is C22H15BrN4O2. The molecule has 2 aromatic heterocycles. The number of carbonyl (C=O) groups excluding carboxylic acids is 1. The van der Waals surface area contributed by atoms with Crippen LogP contribution in [0.5, 0.6) is 0 Å². The maximum absolute atomic E-state index is 13.1. The number of hydrogen-bond acceptors (Lipinski definition) is 5. The summed E-state index contributed by atoms with van der Waals surface area (Å²) in [6, 6.07) is 16.9. The fourth-order valence-electron chi connectivity index (χ4n) is 3.47. The SMILES string of the molecule is O=C(c1ccco1)N1N=C(c2ccc(Br)cc2)C[C@H]1c1ccc2nccnc2c1. The average Bonchev–Trinajstić information content (AvgIpc) is 3.44. The standard InChI is InChI=1S/C22H15BrN4O2/c23-16-6-3-14(4-7-16)18-13-20(27(26-18)22(28)21-2-1-11-29-21)15-5-8-17-19(12-15)25-10-9-24-17/h1-12,20H,13H2/t20-/m0/s1. The highest BCUT2D eigenvalue weighted by Crippen LogP contribution is 2.35. The predicted molar refractivity (Wildman–Crippen MR) is 112 cm³/mol.